The lowest BCUT2D eigenvalue weighted by molar-refractivity contribution is 0.590. The molecule has 0 bridgehead atoms. The molecule has 1 atom stereocenters. The summed E-state index contributed by atoms with van der Waals surface area (Å²) in [6.45, 7) is 6.65. The predicted molar refractivity (Wildman–Crippen MR) is 66.9 cm³/mol. The van der Waals surface area contributed by atoms with E-state index in [1.54, 1.807) is 5.57 Å². The van der Waals surface area contributed by atoms with Crippen LogP contribution in [0.1, 0.15) is 59.3 Å². The third-order valence-electron chi connectivity index (χ3n) is 3.11. The van der Waals surface area contributed by atoms with E-state index in [1.165, 1.54) is 44.2 Å². The lowest BCUT2D eigenvalue weighted by atomic mass is 9.86. The molecule has 0 aromatic carbocycles. The first-order valence-corrected chi connectivity index (χ1v) is 6.28. The van der Waals surface area contributed by atoms with Gasteiger partial charge in [-0.15, -0.1) is 0 Å². The number of hydrogen-bond donors (Lipinski definition) is 1. The fraction of sp³-hybridized carbons (Fsp3) is 0.769. The summed E-state index contributed by atoms with van der Waals surface area (Å²) in [7, 11) is 0. The van der Waals surface area contributed by atoms with Gasteiger partial charge < -0.3 is 0 Å². The Morgan fingerprint density at radius 2 is 2.00 bits per heavy atom. The van der Waals surface area contributed by atoms with E-state index in [4.69, 9.17) is 0 Å². The van der Waals surface area contributed by atoms with E-state index in [9.17, 15) is 0 Å². The lowest BCUT2D eigenvalue weighted by Gasteiger charge is -2.23. The molecule has 0 aromatic heterocycles. The fourth-order valence-corrected chi connectivity index (χ4v) is 2.09. The number of nitrogens with one attached hydrogen (secondary N) is 1. The fourth-order valence-electron chi connectivity index (χ4n) is 2.09. The van der Waals surface area contributed by atoms with Gasteiger partial charge in [-0.2, -0.15) is 5.10 Å². The summed E-state index contributed by atoms with van der Waals surface area (Å²) < 4.78 is 0. The molecule has 1 aliphatic rings. The van der Waals surface area contributed by atoms with E-state index in [0.717, 1.165) is 0 Å². The molecule has 0 saturated heterocycles. The molecule has 2 nitrogen and oxygen atoms in total. The first-order valence-electron chi connectivity index (χ1n) is 6.28. The molecule has 1 rings (SSSR count). The van der Waals surface area contributed by atoms with Gasteiger partial charge in [0, 0.05) is 17.8 Å². The van der Waals surface area contributed by atoms with Crippen molar-refractivity contribution in [1.82, 2.24) is 5.43 Å². The average Bonchev–Trinajstić information content (AvgIpc) is 2.25. The van der Waals surface area contributed by atoms with Crippen molar-refractivity contribution in [3.8, 4) is 0 Å². The summed E-state index contributed by atoms with van der Waals surface area (Å²) in [4.78, 5) is 0. The Labute approximate surface area is 93.8 Å². The predicted octanol–water partition coefficient (Wildman–Crippen LogP) is 3.85. The first-order chi connectivity index (χ1) is 7.29. The van der Waals surface area contributed by atoms with Crippen molar-refractivity contribution in [3.63, 3.8) is 0 Å². The van der Waals surface area contributed by atoms with Gasteiger partial charge in [-0.1, -0.05) is 33.1 Å². The first kappa shape index (κ1) is 12.3. The maximum Gasteiger partial charge on any atom is 0.0423 e. The molecule has 1 unspecified atom stereocenters. The molecule has 0 saturated carbocycles. The minimum Gasteiger partial charge on any atom is -0.286 e. The second kappa shape index (κ2) is 6.65. The lowest BCUT2D eigenvalue weighted by Crippen LogP contribution is -2.22. The zero-order chi connectivity index (χ0) is 11.1. The standard InChI is InChI=1S/C13H24N2/c1-4-6-8-12-10-14-15-11(3)13(12)9-7-5-2/h10,13-14H,4-9H2,1-3H3. The van der Waals surface area contributed by atoms with Crippen LogP contribution in [0.25, 0.3) is 0 Å². The maximum absolute atomic E-state index is 4.31. The van der Waals surface area contributed by atoms with Crippen LogP contribution in [0.3, 0.4) is 0 Å². The number of hydrogen-bond acceptors (Lipinski definition) is 2. The van der Waals surface area contributed by atoms with Gasteiger partial charge in [0.25, 0.3) is 0 Å². The molecule has 0 aliphatic carbocycles. The highest BCUT2D eigenvalue weighted by Crippen LogP contribution is 2.25. The van der Waals surface area contributed by atoms with Crippen LogP contribution in [0.2, 0.25) is 0 Å². The molecule has 0 amide bonds. The van der Waals surface area contributed by atoms with Crippen molar-refractivity contribution in [2.75, 3.05) is 0 Å². The molecule has 1 aliphatic heterocycles. The Bertz CT molecular complexity index is 241. The Balaban J connectivity index is 2.54. The minimum atomic E-state index is 0.609. The summed E-state index contributed by atoms with van der Waals surface area (Å²) in [5.74, 6) is 0.609. The second-order valence-corrected chi connectivity index (χ2v) is 4.40. The van der Waals surface area contributed by atoms with E-state index in [2.05, 4.69) is 37.5 Å². The quantitative estimate of drug-likeness (QED) is 0.704. The SMILES string of the molecule is CCCCC1=CNN=C(C)C1CCCC. The van der Waals surface area contributed by atoms with Gasteiger partial charge in [0.1, 0.15) is 0 Å². The van der Waals surface area contributed by atoms with E-state index in [-0.39, 0.29) is 0 Å². The Kier molecular flexibility index (Phi) is 5.44. The van der Waals surface area contributed by atoms with Crippen LogP contribution >= 0.6 is 0 Å². The number of nitrogens with zero attached hydrogens (tertiary/aromatic N) is 1. The van der Waals surface area contributed by atoms with Gasteiger partial charge in [0.15, 0.2) is 0 Å². The van der Waals surface area contributed by atoms with Gasteiger partial charge >= 0.3 is 0 Å². The molecule has 1 heterocycles. The molecule has 15 heavy (non-hydrogen) atoms. The van der Waals surface area contributed by atoms with Crippen molar-refractivity contribution in [2.24, 2.45) is 11.0 Å². The Morgan fingerprint density at radius 3 is 2.67 bits per heavy atom. The molecule has 1 N–H and O–H groups in total. The van der Waals surface area contributed by atoms with Gasteiger partial charge in [-0.25, -0.2) is 0 Å². The van der Waals surface area contributed by atoms with Gasteiger partial charge in [0.2, 0.25) is 0 Å². The van der Waals surface area contributed by atoms with E-state index >= 15 is 0 Å². The van der Waals surface area contributed by atoms with Crippen LogP contribution in [-0.2, 0) is 0 Å². The summed E-state index contributed by atoms with van der Waals surface area (Å²) in [5.41, 5.74) is 5.84. The van der Waals surface area contributed by atoms with Crippen LogP contribution in [-0.4, -0.2) is 5.71 Å². The van der Waals surface area contributed by atoms with Crippen molar-refractivity contribution < 1.29 is 0 Å². The number of hydrazone groups is 1. The monoisotopic (exact) mass is 208 g/mol. The zero-order valence-electron chi connectivity index (χ0n) is 10.3. The summed E-state index contributed by atoms with van der Waals surface area (Å²) in [5, 5.41) is 4.31. The highest BCUT2D eigenvalue weighted by atomic mass is 15.3. The van der Waals surface area contributed by atoms with E-state index < -0.39 is 0 Å². The van der Waals surface area contributed by atoms with Crippen LogP contribution in [0, 0.1) is 5.92 Å². The summed E-state index contributed by atoms with van der Waals surface area (Å²) >= 11 is 0. The van der Waals surface area contributed by atoms with Crippen LogP contribution in [0.4, 0.5) is 0 Å². The molecule has 0 spiro atoms. The maximum atomic E-state index is 4.31. The number of rotatable bonds is 6. The smallest absolute Gasteiger partial charge is 0.0423 e. The molecule has 0 fully saturated rings. The van der Waals surface area contributed by atoms with Crippen molar-refractivity contribution in [2.45, 2.75) is 59.3 Å². The van der Waals surface area contributed by atoms with Gasteiger partial charge in [-0.3, -0.25) is 5.43 Å². The summed E-state index contributed by atoms with van der Waals surface area (Å²) in [6, 6.07) is 0. The molecule has 86 valence electrons. The molecular weight excluding hydrogens is 184 g/mol. The Hall–Kier alpha value is -0.790. The largest absolute Gasteiger partial charge is 0.286 e. The van der Waals surface area contributed by atoms with Crippen molar-refractivity contribution in [1.29, 1.82) is 0 Å². The molecule has 2 heteroatoms. The molecule has 0 radical (unpaired) electrons. The highest BCUT2D eigenvalue weighted by molar-refractivity contribution is 5.87. The van der Waals surface area contributed by atoms with E-state index in [0.29, 0.717) is 5.92 Å². The zero-order valence-corrected chi connectivity index (χ0v) is 10.3. The molecular formula is C13H24N2. The normalized spacial score (nSPS) is 20.6. The Morgan fingerprint density at radius 1 is 1.27 bits per heavy atom. The third-order valence-corrected chi connectivity index (χ3v) is 3.11. The second-order valence-electron chi connectivity index (χ2n) is 4.40. The number of unbranched alkanes of at least 4 members (excludes halogenated alkanes) is 2. The van der Waals surface area contributed by atoms with Crippen LogP contribution in [0.5, 0.6) is 0 Å². The number of allylic oxidation sites excluding steroid dienone is 1. The van der Waals surface area contributed by atoms with Gasteiger partial charge in [-0.05, 0) is 31.8 Å². The third kappa shape index (κ3) is 3.69. The van der Waals surface area contributed by atoms with Crippen LogP contribution in [0.15, 0.2) is 16.9 Å². The minimum absolute atomic E-state index is 0.609. The summed E-state index contributed by atoms with van der Waals surface area (Å²) in [6.07, 6.45) is 9.76. The topological polar surface area (TPSA) is 24.4 Å². The average molecular weight is 208 g/mol. The molecule has 0 aromatic rings. The van der Waals surface area contributed by atoms with Crippen molar-refractivity contribution >= 4 is 5.71 Å². The van der Waals surface area contributed by atoms with Crippen molar-refractivity contribution in [3.05, 3.63) is 11.8 Å². The van der Waals surface area contributed by atoms with E-state index in [1.807, 2.05) is 0 Å². The van der Waals surface area contributed by atoms with Crippen LogP contribution < -0.4 is 5.43 Å². The highest BCUT2D eigenvalue weighted by Gasteiger charge is 2.19. The van der Waals surface area contributed by atoms with Gasteiger partial charge in [0.05, 0.1) is 0 Å².